The Morgan fingerprint density at radius 1 is 1.24 bits per heavy atom. The van der Waals surface area contributed by atoms with Crippen molar-refractivity contribution >= 4 is 11.6 Å². The molecule has 0 spiro atoms. The average Bonchev–Trinajstić information content (AvgIpc) is 2.84. The van der Waals surface area contributed by atoms with Crippen molar-refractivity contribution in [1.82, 2.24) is 9.78 Å². The molecule has 2 heterocycles. The highest BCUT2D eigenvalue weighted by Crippen LogP contribution is 2.31. The van der Waals surface area contributed by atoms with E-state index in [1.54, 1.807) is 22.8 Å². The zero-order chi connectivity index (χ0) is 14.8. The molecule has 105 valence electrons. The highest BCUT2D eigenvalue weighted by Gasteiger charge is 2.20. The summed E-state index contributed by atoms with van der Waals surface area (Å²) < 4.78 is 7.24. The number of aromatic nitrogens is 2. The molecule has 1 radical (unpaired) electrons. The van der Waals surface area contributed by atoms with Gasteiger partial charge in [0.1, 0.15) is 12.4 Å². The van der Waals surface area contributed by atoms with Crippen molar-refractivity contribution < 1.29 is 9.53 Å². The fraction of sp³-hybridized carbons (Fsp3) is 0.188. The van der Waals surface area contributed by atoms with Crippen LogP contribution in [0.15, 0.2) is 30.6 Å². The van der Waals surface area contributed by atoms with Crippen LogP contribution in [0.5, 0.6) is 5.75 Å². The highest BCUT2D eigenvalue weighted by atomic mass is 16.5. The van der Waals surface area contributed by atoms with Crippen molar-refractivity contribution in [3.8, 4) is 17.6 Å². The topological polar surface area (TPSA) is 47.4 Å². The number of ether oxygens (including phenoxy) is 1. The molecule has 0 bridgehead atoms. The second kappa shape index (κ2) is 5.33. The first-order valence-electron chi connectivity index (χ1n) is 6.52. The van der Waals surface area contributed by atoms with Gasteiger partial charge in [0, 0.05) is 25.9 Å². The zero-order valence-corrected chi connectivity index (χ0v) is 11.8. The van der Waals surface area contributed by atoms with Crippen LogP contribution in [0.4, 0.5) is 5.69 Å². The number of aryl methyl sites for hydroxylation is 1. The summed E-state index contributed by atoms with van der Waals surface area (Å²) in [6.07, 6.45) is 5.08. The van der Waals surface area contributed by atoms with Crippen molar-refractivity contribution in [2.24, 2.45) is 7.05 Å². The first-order valence-corrected chi connectivity index (χ1v) is 6.52. The van der Waals surface area contributed by atoms with Gasteiger partial charge >= 0.3 is 0 Å². The molecule has 21 heavy (non-hydrogen) atoms. The Bertz CT molecular complexity index is 752. The van der Waals surface area contributed by atoms with Crippen LogP contribution < -0.4 is 9.64 Å². The molecular weight excluding hydrogens is 266 g/mol. The summed E-state index contributed by atoms with van der Waals surface area (Å²) in [7, 11) is 3.58. The summed E-state index contributed by atoms with van der Waals surface area (Å²) in [5.41, 5.74) is 2.40. The minimum absolute atomic E-state index is 0.0777. The highest BCUT2D eigenvalue weighted by molar-refractivity contribution is 6.01. The van der Waals surface area contributed by atoms with E-state index in [2.05, 4.69) is 16.9 Å². The lowest BCUT2D eigenvalue weighted by Crippen LogP contribution is -2.25. The third-order valence-corrected chi connectivity index (χ3v) is 3.20. The van der Waals surface area contributed by atoms with Gasteiger partial charge in [-0.15, -0.1) is 0 Å². The Balaban J connectivity index is 1.94. The smallest absolute Gasteiger partial charge is 0.234 e. The largest absolute Gasteiger partial charge is 0.491 e. The second-order valence-electron chi connectivity index (χ2n) is 4.75. The van der Waals surface area contributed by atoms with Crippen LogP contribution in [0.25, 0.3) is 0 Å². The summed E-state index contributed by atoms with van der Waals surface area (Å²) in [5, 5.41) is 4.07. The number of hydrogen-bond acceptors (Lipinski definition) is 3. The minimum Gasteiger partial charge on any atom is -0.491 e. The average molecular weight is 280 g/mol. The van der Waals surface area contributed by atoms with E-state index < -0.39 is 0 Å². The third kappa shape index (κ3) is 2.75. The van der Waals surface area contributed by atoms with Crippen molar-refractivity contribution in [3.63, 3.8) is 0 Å². The molecule has 0 fully saturated rings. The first-order chi connectivity index (χ1) is 10.1. The van der Waals surface area contributed by atoms with Crippen LogP contribution in [0.2, 0.25) is 0 Å². The number of nitrogens with zero attached hydrogens (tertiary/aromatic N) is 3. The van der Waals surface area contributed by atoms with Crippen LogP contribution in [0, 0.1) is 18.3 Å². The molecule has 1 aliphatic rings. The zero-order valence-electron chi connectivity index (χ0n) is 11.8. The molecule has 5 heteroatoms. The van der Waals surface area contributed by atoms with E-state index in [0.29, 0.717) is 5.75 Å². The molecule has 1 aromatic heterocycles. The van der Waals surface area contributed by atoms with Crippen molar-refractivity contribution in [1.29, 1.82) is 0 Å². The van der Waals surface area contributed by atoms with Crippen molar-refractivity contribution in [2.75, 3.05) is 18.6 Å². The molecular formula is C16H14N3O2. The number of anilines is 1. The Kier molecular flexibility index (Phi) is 3.36. The van der Waals surface area contributed by atoms with Gasteiger partial charge < -0.3 is 9.64 Å². The number of benzene rings is 1. The van der Waals surface area contributed by atoms with Crippen LogP contribution in [0.1, 0.15) is 11.1 Å². The quantitative estimate of drug-likeness (QED) is 0.685. The molecule has 0 atom stereocenters. The molecule has 1 aromatic carbocycles. The van der Waals surface area contributed by atoms with E-state index in [9.17, 15) is 4.79 Å². The number of rotatable bonds is 0. The predicted octanol–water partition coefficient (Wildman–Crippen LogP) is 1.38. The molecule has 5 nitrogen and oxygen atoms in total. The molecule has 0 N–H and O–H groups in total. The van der Waals surface area contributed by atoms with Gasteiger partial charge in [0.25, 0.3) is 0 Å². The monoisotopic (exact) mass is 280 g/mol. The lowest BCUT2D eigenvalue weighted by molar-refractivity contribution is -0.115. The standard InChI is InChI=1S/C16H14N3O2/c1-18-11-13(10-17-18)4-3-12-5-6-15-14(9-12)19(2)16(20)7-8-21-15/h5-7,9-11H,8H2,1-2H3. The maximum absolute atomic E-state index is 11.8. The van der Waals surface area contributed by atoms with E-state index in [-0.39, 0.29) is 12.5 Å². The van der Waals surface area contributed by atoms with Crippen LogP contribution in [0.3, 0.4) is 0 Å². The maximum Gasteiger partial charge on any atom is 0.234 e. The normalized spacial score (nSPS) is 13.8. The van der Waals surface area contributed by atoms with Gasteiger partial charge in [-0.1, -0.05) is 11.8 Å². The number of amides is 1. The summed E-state index contributed by atoms with van der Waals surface area (Å²) in [5.74, 6) is 6.73. The molecule has 0 aliphatic carbocycles. The second-order valence-corrected chi connectivity index (χ2v) is 4.75. The van der Waals surface area contributed by atoms with Gasteiger partial charge in [0.2, 0.25) is 5.91 Å². The molecule has 0 saturated carbocycles. The van der Waals surface area contributed by atoms with Gasteiger partial charge in [-0.25, -0.2) is 0 Å². The van der Waals surface area contributed by atoms with Gasteiger partial charge in [-0.3, -0.25) is 9.48 Å². The number of carbonyl (C=O) groups is 1. The van der Waals surface area contributed by atoms with Crippen LogP contribution >= 0.6 is 0 Å². The summed E-state index contributed by atoms with van der Waals surface area (Å²) in [4.78, 5) is 13.4. The Morgan fingerprint density at radius 3 is 2.81 bits per heavy atom. The van der Waals surface area contributed by atoms with Gasteiger partial charge in [0.05, 0.1) is 23.9 Å². The van der Waals surface area contributed by atoms with E-state index in [1.807, 2.05) is 31.4 Å². The Labute approximate surface area is 123 Å². The van der Waals surface area contributed by atoms with Crippen molar-refractivity contribution in [3.05, 3.63) is 48.1 Å². The Morgan fingerprint density at radius 2 is 2.05 bits per heavy atom. The van der Waals surface area contributed by atoms with E-state index >= 15 is 0 Å². The predicted molar refractivity (Wildman–Crippen MR) is 78.8 cm³/mol. The third-order valence-electron chi connectivity index (χ3n) is 3.20. The fourth-order valence-corrected chi connectivity index (χ4v) is 2.07. The van der Waals surface area contributed by atoms with Crippen molar-refractivity contribution in [2.45, 2.75) is 0 Å². The molecule has 1 amide bonds. The van der Waals surface area contributed by atoms with Gasteiger partial charge in [0.15, 0.2) is 0 Å². The summed E-state index contributed by atoms with van der Waals surface area (Å²) in [6, 6.07) is 5.58. The molecule has 0 unspecified atom stereocenters. The molecule has 0 saturated heterocycles. The van der Waals surface area contributed by atoms with E-state index in [4.69, 9.17) is 4.74 Å². The summed E-state index contributed by atoms with van der Waals surface area (Å²) >= 11 is 0. The number of carbonyl (C=O) groups excluding carboxylic acids is 1. The van der Waals surface area contributed by atoms with E-state index in [0.717, 1.165) is 16.8 Å². The molecule has 3 rings (SSSR count). The fourth-order valence-electron chi connectivity index (χ4n) is 2.07. The maximum atomic E-state index is 11.8. The number of hydrogen-bond donors (Lipinski definition) is 0. The minimum atomic E-state index is -0.0777. The molecule has 2 aromatic rings. The SMILES string of the molecule is CN1C(=O)[CH]COc2ccc(C#Cc3cnn(C)c3)cc21. The first kappa shape index (κ1) is 13.3. The van der Waals surface area contributed by atoms with Gasteiger partial charge in [-0.05, 0) is 18.2 Å². The summed E-state index contributed by atoms with van der Waals surface area (Å²) in [6.45, 7) is 0.289. The lowest BCUT2D eigenvalue weighted by atomic mass is 10.1. The molecule has 1 aliphatic heterocycles. The Hall–Kier alpha value is -2.74. The van der Waals surface area contributed by atoms with Crippen LogP contribution in [-0.4, -0.2) is 29.3 Å². The lowest BCUT2D eigenvalue weighted by Gasteiger charge is -2.16. The van der Waals surface area contributed by atoms with E-state index in [1.165, 1.54) is 6.42 Å². The van der Waals surface area contributed by atoms with Gasteiger partial charge in [-0.2, -0.15) is 5.10 Å². The van der Waals surface area contributed by atoms with Crippen LogP contribution in [-0.2, 0) is 11.8 Å². The number of fused-ring (bicyclic) bond motifs is 1.